The molecule has 0 amide bonds. The van der Waals surface area contributed by atoms with Gasteiger partial charge in [-0.15, -0.1) is 0 Å². The Morgan fingerprint density at radius 2 is 1.52 bits per heavy atom. The average molecular weight is 301 g/mol. The zero-order chi connectivity index (χ0) is 15.4. The smallest absolute Gasteiger partial charge is 0.233 e. The van der Waals surface area contributed by atoms with E-state index in [-0.39, 0.29) is 0 Å². The number of fused-ring (bicyclic) bond motifs is 3. The molecule has 0 aromatic carbocycles. The monoisotopic (exact) mass is 301 g/mol. The highest BCUT2D eigenvalue weighted by Gasteiger charge is 2.60. The Kier molecular flexibility index (Phi) is 3.34. The first kappa shape index (κ1) is 14.9. The summed E-state index contributed by atoms with van der Waals surface area (Å²) in [7, 11) is 0. The molecule has 5 atom stereocenters. The summed E-state index contributed by atoms with van der Waals surface area (Å²) >= 11 is 0. The Labute approximate surface area is 122 Å². The van der Waals surface area contributed by atoms with Crippen molar-refractivity contribution in [3.05, 3.63) is 22.4 Å². The summed E-state index contributed by atoms with van der Waals surface area (Å²) in [4.78, 5) is 9.99. The van der Waals surface area contributed by atoms with Crippen LogP contribution in [-0.4, -0.2) is 47.2 Å². The van der Waals surface area contributed by atoms with Crippen molar-refractivity contribution in [1.29, 1.82) is 0 Å². The normalized spacial score (nSPS) is 43.7. The maximum atomic E-state index is 10.5. The summed E-state index contributed by atoms with van der Waals surface area (Å²) in [5, 5.41) is 10.5. The summed E-state index contributed by atoms with van der Waals surface area (Å²) in [5.41, 5.74) is 0. The average Bonchev–Trinajstić information content (AvgIpc) is 2.80. The molecule has 3 saturated heterocycles. The number of hydrogen-bond acceptors (Lipinski definition) is 7. The molecule has 0 saturated carbocycles. The number of hydrogen-bond donors (Lipinski definition) is 0. The van der Waals surface area contributed by atoms with E-state index in [0.29, 0.717) is 0 Å². The molecule has 3 rings (SSSR count). The lowest BCUT2D eigenvalue weighted by atomic mass is 9.99. The van der Waals surface area contributed by atoms with Crippen LogP contribution in [0.1, 0.15) is 27.7 Å². The van der Waals surface area contributed by atoms with Gasteiger partial charge in [-0.05, 0) is 27.7 Å². The van der Waals surface area contributed by atoms with Crippen LogP contribution in [0.3, 0.4) is 0 Å². The van der Waals surface area contributed by atoms with E-state index in [9.17, 15) is 10.1 Å². The molecule has 0 radical (unpaired) electrons. The van der Waals surface area contributed by atoms with Crippen LogP contribution in [-0.2, 0) is 23.7 Å². The van der Waals surface area contributed by atoms with Crippen LogP contribution in [0, 0.1) is 10.1 Å². The second-order valence-corrected chi connectivity index (χ2v) is 6.26. The predicted molar refractivity (Wildman–Crippen MR) is 68.7 cm³/mol. The number of nitrogens with zero attached hydrogens (tertiary/aromatic N) is 1. The minimum Gasteiger partial charge on any atom is -0.342 e. The highest BCUT2D eigenvalue weighted by atomic mass is 16.9. The largest absolute Gasteiger partial charge is 0.342 e. The molecule has 0 N–H and O–H groups in total. The van der Waals surface area contributed by atoms with E-state index in [4.69, 9.17) is 23.7 Å². The van der Waals surface area contributed by atoms with Gasteiger partial charge in [0.1, 0.15) is 24.4 Å². The molecule has 3 fully saturated rings. The van der Waals surface area contributed by atoms with Gasteiger partial charge in [-0.2, -0.15) is 0 Å². The van der Waals surface area contributed by atoms with E-state index in [1.165, 1.54) is 6.08 Å². The minimum atomic E-state index is -0.801. The summed E-state index contributed by atoms with van der Waals surface area (Å²) < 4.78 is 29.0. The molecular weight excluding hydrogens is 282 g/mol. The van der Waals surface area contributed by atoms with Crippen LogP contribution in [0.15, 0.2) is 12.3 Å². The summed E-state index contributed by atoms with van der Waals surface area (Å²) in [6.07, 6.45) is -0.365. The van der Waals surface area contributed by atoms with Gasteiger partial charge in [-0.1, -0.05) is 0 Å². The molecule has 21 heavy (non-hydrogen) atoms. The SMILES string of the molecule is CC1(C)O[C@@H]2[C@@H](O1)[C@H](/C=C\[N+](=O)[O-])O[C@H]1OC(C)(C)O[C@@H]12. The summed E-state index contributed by atoms with van der Waals surface area (Å²) in [6.45, 7) is 7.14. The first-order valence-electron chi connectivity index (χ1n) is 6.85. The lowest BCUT2D eigenvalue weighted by molar-refractivity contribution is -0.403. The van der Waals surface area contributed by atoms with Gasteiger partial charge in [0.25, 0.3) is 0 Å². The summed E-state index contributed by atoms with van der Waals surface area (Å²) in [6, 6.07) is 0. The third kappa shape index (κ3) is 2.82. The molecule has 0 spiro atoms. The Morgan fingerprint density at radius 3 is 2.19 bits per heavy atom. The third-order valence-corrected chi connectivity index (χ3v) is 3.59. The van der Waals surface area contributed by atoms with Gasteiger partial charge in [0.2, 0.25) is 6.20 Å². The standard InChI is InChI=1S/C13H19NO7/c1-12(2)18-8-7(5-6-14(15)16)17-11-10(9(8)19-12)20-13(3,4)21-11/h5-11H,1-4H3/b6-5-/t7-,8-,9+,10+,11-/m0/s1. The Hall–Kier alpha value is -1.06. The molecule has 0 aliphatic carbocycles. The Morgan fingerprint density at radius 1 is 0.952 bits per heavy atom. The van der Waals surface area contributed by atoms with Crippen LogP contribution in [0.4, 0.5) is 0 Å². The molecule has 118 valence electrons. The zero-order valence-corrected chi connectivity index (χ0v) is 12.3. The van der Waals surface area contributed by atoms with Crippen molar-refractivity contribution in [3.8, 4) is 0 Å². The van der Waals surface area contributed by atoms with Crippen molar-refractivity contribution >= 4 is 0 Å². The molecule has 0 bridgehead atoms. The van der Waals surface area contributed by atoms with Gasteiger partial charge in [-0.25, -0.2) is 0 Å². The highest BCUT2D eigenvalue weighted by molar-refractivity contribution is 5.05. The van der Waals surface area contributed by atoms with Crippen LogP contribution in [0.2, 0.25) is 0 Å². The van der Waals surface area contributed by atoms with Crippen LogP contribution in [0.5, 0.6) is 0 Å². The molecule has 3 aliphatic rings. The molecule has 3 heterocycles. The maximum absolute atomic E-state index is 10.5. The lowest BCUT2D eigenvalue weighted by Gasteiger charge is -2.35. The van der Waals surface area contributed by atoms with E-state index >= 15 is 0 Å². The summed E-state index contributed by atoms with van der Waals surface area (Å²) in [5.74, 6) is -1.60. The van der Waals surface area contributed by atoms with Crippen molar-refractivity contribution in [1.82, 2.24) is 0 Å². The van der Waals surface area contributed by atoms with E-state index in [2.05, 4.69) is 0 Å². The second kappa shape index (κ2) is 4.72. The third-order valence-electron chi connectivity index (χ3n) is 3.59. The van der Waals surface area contributed by atoms with E-state index < -0.39 is 47.2 Å². The van der Waals surface area contributed by atoms with E-state index in [1.807, 2.05) is 0 Å². The minimum absolute atomic E-state index is 0.401. The molecular formula is C13H19NO7. The van der Waals surface area contributed by atoms with Crippen LogP contribution >= 0.6 is 0 Å². The highest BCUT2D eigenvalue weighted by Crippen LogP contribution is 2.44. The molecule has 0 aromatic rings. The lowest BCUT2D eigenvalue weighted by Crippen LogP contribution is -2.54. The van der Waals surface area contributed by atoms with Gasteiger partial charge >= 0.3 is 0 Å². The molecule has 0 unspecified atom stereocenters. The molecule has 0 aromatic heterocycles. The first-order valence-corrected chi connectivity index (χ1v) is 6.85. The van der Waals surface area contributed by atoms with Crippen LogP contribution < -0.4 is 0 Å². The number of rotatable bonds is 2. The van der Waals surface area contributed by atoms with Crippen molar-refractivity contribution < 1.29 is 28.6 Å². The topological polar surface area (TPSA) is 89.3 Å². The fourth-order valence-electron chi connectivity index (χ4n) is 2.95. The molecule has 8 heteroatoms. The van der Waals surface area contributed by atoms with Gasteiger partial charge in [0.15, 0.2) is 17.9 Å². The Balaban J connectivity index is 1.86. The van der Waals surface area contributed by atoms with Gasteiger partial charge in [-0.3, -0.25) is 10.1 Å². The number of ether oxygens (including phenoxy) is 5. The maximum Gasteiger partial charge on any atom is 0.233 e. The fraction of sp³-hybridized carbons (Fsp3) is 0.846. The predicted octanol–water partition coefficient (Wildman–Crippen LogP) is 1.17. The van der Waals surface area contributed by atoms with Gasteiger partial charge in [0, 0.05) is 6.08 Å². The Bertz CT molecular complexity index is 475. The second-order valence-electron chi connectivity index (χ2n) is 6.26. The van der Waals surface area contributed by atoms with E-state index in [1.54, 1.807) is 27.7 Å². The molecule has 8 nitrogen and oxygen atoms in total. The van der Waals surface area contributed by atoms with Crippen molar-refractivity contribution in [3.63, 3.8) is 0 Å². The molecule has 3 aliphatic heterocycles. The van der Waals surface area contributed by atoms with Crippen LogP contribution in [0.25, 0.3) is 0 Å². The van der Waals surface area contributed by atoms with Crippen molar-refractivity contribution in [2.24, 2.45) is 0 Å². The van der Waals surface area contributed by atoms with Gasteiger partial charge < -0.3 is 23.7 Å². The fourth-order valence-corrected chi connectivity index (χ4v) is 2.95. The first-order chi connectivity index (χ1) is 9.67. The van der Waals surface area contributed by atoms with E-state index in [0.717, 1.165) is 6.20 Å². The van der Waals surface area contributed by atoms with Crippen molar-refractivity contribution in [2.75, 3.05) is 0 Å². The quantitative estimate of drug-likeness (QED) is 0.558. The van der Waals surface area contributed by atoms with Gasteiger partial charge in [0.05, 0.1) is 4.92 Å². The number of nitro groups is 1. The van der Waals surface area contributed by atoms with Crippen molar-refractivity contribution in [2.45, 2.75) is 70.0 Å². The zero-order valence-electron chi connectivity index (χ0n) is 12.3.